The number of hydrogen-bond donors (Lipinski definition) is 0. The van der Waals surface area contributed by atoms with Gasteiger partial charge >= 0.3 is 32.8 Å². The van der Waals surface area contributed by atoms with Crippen molar-refractivity contribution in [1.29, 1.82) is 0 Å². The summed E-state index contributed by atoms with van der Waals surface area (Å²) in [6, 6.07) is 2.82. The molecule has 2 radical (unpaired) electrons. The SMILES string of the molecule is CC[Si](CC)CBr.Cl[CH2][GeH2]. The van der Waals surface area contributed by atoms with Crippen LogP contribution in [0.25, 0.3) is 0 Å². The Balaban J connectivity index is 0. The Morgan fingerprint density at radius 3 is 1.70 bits per heavy atom. The monoisotopic (exact) mass is 304 g/mol. The van der Waals surface area contributed by atoms with E-state index in [0.29, 0.717) is 0 Å². The van der Waals surface area contributed by atoms with Crippen LogP contribution in [0.1, 0.15) is 13.8 Å². The molecule has 0 amide bonds. The Morgan fingerprint density at radius 2 is 1.70 bits per heavy atom. The molecule has 0 aromatic carbocycles. The summed E-state index contributed by atoms with van der Waals surface area (Å²) in [4.78, 5) is 1.27. The van der Waals surface area contributed by atoms with E-state index in [1.165, 1.54) is 33.6 Å². The Hall–Kier alpha value is 1.53. The van der Waals surface area contributed by atoms with Gasteiger partial charge in [-0.3, -0.25) is 0 Å². The van der Waals surface area contributed by atoms with Gasteiger partial charge in [-0.2, -0.15) is 0 Å². The molecule has 0 unspecified atom stereocenters. The van der Waals surface area contributed by atoms with E-state index in [-0.39, 0.29) is 8.80 Å². The average molecular weight is 304 g/mol. The van der Waals surface area contributed by atoms with Gasteiger partial charge in [0.25, 0.3) is 0 Å². The summed E-state index contributed by atoms with van der Waals surface area (Å²) < 4.78 is 0.847. The summed E-state index contributed by atoms with van der Waals surface area (Å²) in [7, 11) is 0.0540. The number of halogens is 2. The van der Waals surface area contributed by atoms with Crippen molar-refractivity contribution in [3.63, 3.8) is 0 Å². The molecule has 10 heavy (non-hydrogen) atoms. The molecule has 0 N–H and O–H groups in total. The van der Waals surface area contributed by atoms with Gasteiger partial charge < -0.3 is 0 Å². The van der Waals surface area contributed by atoms with E-state index in [9.17, 15) is 0 Å². The van der Waals surface area contributed by atoms with Crippen LogP contribution in [0, 0.1) is 0 Å². The van der Waals surface area contributed by atoms with Gasteiger partial charge in [-0.15, -0.1) is 0 Å². The predicted octanol–water partition coefficient (Wildman–Crippen LogP) is 2.27. The van der Waals surface area contributed by atoms with Crippen LogP contribution >= 0.6 is 27.5 Å². The number of rotatable bonds is 3. The topological polar surface area (TPSA) is 0 Å². The summed E-state index contributed by atoms with van der Waals surface area (Å²) in [6.45, 7) is 4.55. The van der Waals surface area contributed by atoms with Crippen molar-refractivity contribution in [3.8, 4) is 0 Å². The van der Waals surface area contributed by atoms with Crippen molar-refractivity contribution >= 4 is 52.8 Å². The van der Waals surface area contributed by atoms with E-state index in [1.807, 2.05) is 0 Å². The fourth-order valence-corrected chi connectivity index (χ4v) is 3.70. The molecule has 0 rings (SSSR count). The van der Waals surface area contributed by atoms with E-state index >= 15 is 0 Å². The molecule has 0 saturated heterocycles. The molecule has 0 aliphatic heterocycles. The van der Waals surface area contributed by atoms with Crippen LogP contribution in [0.2, 0.25) is 12.1 Å². The molecule has 0 saturated carbocycles. The maximum atomic E-state index is 5.05. The third-order valence-corrected chi connectivity index (χ3v) is 5.95. The predicted molar refractivity (Wildman–Crippen MR) is 59.8 cm³/mol. The second-order valence-corrected chi connectivity index (χ2v) is 9.40. The van der Waals surface area contributed by atoms with E-state index < -0.39 is 0 Å². The van der Waals surface area contributed by atoms with E-state index in [4.69, 9.17) is 11.6 Å². The second-order valence-electron chi connectivity index (χ2n) is 1.78. The summed E-state index contributed by atoms with van der Waals surface area (Å²) in [6.07, 6.45) is 0. The minimum atomic E-state index is 0.0540. The van der Waals surface area contributed by atoms with Gasteiger partial charge in [-0.1, -0.05) is 41.9 Å². The summed E-state index contributed by atoms with van der Waals surface area (Å²) >= 11 is 9.75. The number of hydrogen-bond acceptors (Lipinski definition) is 0. The van der Waals surface area contributed by atoms with Crippen molar-refractivity contribution in [2.24, 2.45) is 0 Å². The molecule has 0 spiro atoms. The molecule has 0 aromatic heterocycles. The molecular formula is C6H16BrClGeSi. The van der Waals surface area contributed by atoms with Gasteiger partial charge in [0, 0.05) is 0 Å². The van der Waals surface area contributed by atoms with Crippen LogP contribution in [0.15, 0.2) is 0 Å². The van der Waals surface area contributed by atoms with Gasteiger partial charge in [0.1, 0.15) is 0 Å². The van der Waals surface area contributed by atoms with Crippen molar-refractivity contribution in [2.75, 3.05) is 9.67 Å². The van der Waals surface area contributed by atoms with Crippen LogP contribution in [-0.4, -0.2) is 35.0 Å². The first kappa shape index (κ1) is 14.1. The Morgan fingerprint density at radius 1 is 1.40 bits per heavy atom. The van der Waals surface area contributed by atoms with Crippen molar-refractivity contribution in [3.05, 3.63) is 0 Å². The molecule has 0 aromatic rings. The van der Waals surface area contributed by atoms with Crippen molar-refractivity contribution in [1.82, 2.24) is 0 Å². The standard InChI is InChI=1S/C5H12BrSi.CH4ClGe/c1-3-7(4-2)5-6;2-1-3/h3-5H2,1-2H3;1,3H2. The molecule has 0 nitrogen and oxygen atoms in total. The maximum absolute atomic E-state index is 5.05. The number of alkyl halides is 2. The molecule has 0 fully saturated rings. The molecule has 62 valence electrons. The fraction of sp³-hybridized carbons (Fsp3) is 1.00. The van der Waals surface area contributed by atoms with Gasteiger partial charge in [-0.05, 0) is 4.95 Å². The van der Waals surface area contributed by atoms with Crippen LogP contribution in [-0.2, 0) is 0 Å². The van der Waals surface area contributed by atoms with Crippen LogP contribution in [0.4, 0.5) is 0 Å². The quantitative estimate of drug-likeness (QED) is 0.554. The third-order valence-electron chi connectivity index (χ3n) is 1.19. The van der Waals surface area contributed by atoms with Crippen molar-refractivity contribution in [2.45, 2.75) is 25.9 Å². The summed E-state index contributed by atoms with van der Waals surface area (Å²) in [5.74, 6) is 0. The molecular weight excluding hydrogens is 288 g/mol. The molecule has 0 atom stereocenters. The first-order chi connectivity index (χ1) is 4.76. The summed E-state index contributed by atoms with van der Waals surface area (Å²) in [5.41, 5.74) is 0. The molecule has 0 heterocycles. The van der Waals surface area contributed by atoms with Crippen LogP contribution in [0.3, 0.4) is 0 Å². The minimum absolute atomic E-state index is 0.0540. The van der Waals surface area contributed by atoms with E-state index in [1.54, 1.807) is 0 Å². The van der Waals surface area contributed by atoms with Gasteiger partial charge in [-0.25, -0.2) is 0 Å². The van der Waals surface area contributed by atoms with Crippen LogP contribution in [0.5, 0.6) is 0 Å². The van der Waals surface area contributed by atoms with Crippen LogP contribution < -0.4 is 0 Å². The van der Waals surface area contributed by atoms with Crippen molar-refractivity contribution < 1.29 is 0 Å². The fourth-order valence-electron chi connectivity index (χ4n) is 0.439. The molecule has 0 bridgehead atoms. The second kappa shape index (κ2) is 13.1. The average Bonchev–Trinajstić information content (AvgIpc) is 1.93. The van der Waals surface area contributed by atoms with E-state index in [0.717, 1.165) is 4.71 Å². The van der Waals surface area contributed by atoms with E-state index in [2.05, 4.69) is 29.8 Å². The Labute approximate surface area is 88.1 Å². The normalized spacial score (nSPS) is 9.00. The van der Waals surface area contributed by atoms with Gasteiger partial charge in [0.15, 0.2) is 0 Å². The zero-order valence-corrected chi connectivity index (χ0v) is 13.1. The summed E-state index contributed by atoms with van der Waals surface area (Å²) in [5, 5.41) is 0. The van der Waals surface area contributed by atoms with Gasteiger partial charge in [0.2, 0.25) is 0 Å². The third kappa shape index (κ3) is 12.2. The zero-order valence-electron chi connectivity index (χ0n) is 6.79. The zero-order chi connectivity index (χ0) is 8.41. The Kier molecular flexibility index (Phi) is 18.5. The first-order valence-corrected chi connectivity index (χ1v) is 9.38. The first-order valence-electron chi connectivity index (χ1n) is 3.51. The molecule has 0 aliphatic rings. The molecule has 0 aliphatic carbocycles. The Bertz CT molecular complexity index is 47.5. The molecule has 4 heteroatoms. The van der Waals surface area contributed by atoms with Gasteiger partial charge in [0.05, 0.1) is 8.80 Å².